The Kier molecular flexibility index (Phi) is 4.53. The zero-order valence-corrected chi connectivity index (χ0v) is 15.1. The molecule has 2 N–H and O–H groups in total. The van der Waals surface area contributed by atoms with Crippen molar-refractivity contribution in [3.05, 3.63) is 78.1 Å². The van der Waals surface area contributed by atoms with E-state index in [1.54, 1.807) is 0 Å². The van der Waals surface area contributed by atoms with Crippen LogP contribution in [0.25, 0.3) is 11.4 Å². The summed E-state index contributed by atoms with van der Waals surface area (Å²) in [5.41, 5.74) is 3.08. The topological polar surface area (TPSA) is 75.9 Å². The third-order valence-corrected chi connectivity index (χ3v) is 3.93. The molecule has 0 aliphatic heterocycles. The number of nitrogens with one attached hydrogen (secondary N) is 2. The summed E-state index contributed by atoms with van der Waals surface area (Å²) in [6.45, 7) is 3.90. The van der Waals surface area contributed by atoms with Gasteiger partial charge in [0.1, 0.15) is 17.4 Å². The van der Waals surface area contributed by atoms with Crippen molar-refractivity contribution >= 4 is 23.1 Å². The van der Waals surface area contributed by atoms with Crippen LogP contribution in [0.3, 0.4) is 0 Å². The molecule has 0 saturated heterocycles. The van der Waals surface area contributed by atoms with Gasteiger partial charge < -0.3 is 15.2 Å². The molecule has 0 saturated carbocycles. The van der Waals surface area contributed by atoms with Crippen molar-refractivity contribution in [3.8, 4) is 11.4 Å². The molecule has 4 aromatic rings. The SMILES string of the molecule is Cc1cccc(Nc2cc(Nc3cc(C)on3)nc(-c3ccccc3)n2)c1. The van der Waals surface area contributed by atoms with Crippen LogP contribution in [0.5, 0.6) is 0 Å². The van der Waals surface area contributed by atoms with Gasteiger partial charge in [-0.15, -0.1) is 0 Å². The quantitative estimate of drug-likeness (QED) is 0.509. The minimum Gasteiger partial charge on any atom is -0.360 e. The van der Waals surface area contributed by atoms with Crippen molar-refractivity contribution in [1.29, 1.82) is 0 Å². The lowest BCUT2D eigenvalue weighted by atomic mass is 10.2. The molecular formula is C21H19N5O. The Bertz CT molecular complexity index is 1060. The van der Waals surface area contributed by atoms with E-state index in [2.05, 4.69) is 44.8 Å². The summed E-state index contributed by atoms with van der Waals surface area (Å²) in [6, 6.07) is 21.7. The van der Waals surface area contributed by atoms with Gasteiger partial charge >= 0.3 is 0 Å². The molecule has 6 nitrogen and oxygen atoms in total. The number of aryl methyl sites for hydroxylation is 2. The summed E-state index contributed by atoms with van der Waals surface area (Å²) >= 11 is 0. The van der Waals surface area contributed by atoms with Gasteiger partial charge in [-0.3, -0.25) is 0 Å². The number of hydrogen-bond acceptors (Lipinski definition) is 6. The van der Waals surface area contributed by atoms with Gasteiger partial charge in [0.2, 0.25) is 0 Å². The zero-order valence-electron chi connectivity index (χ0n) is 15.1. The van der Waals surface area contributed by atoms with Crippen LogP contribution in [0.1, 0.15) is 11.3 Å². The zero-order chi connectivity index (χ0) is 18.6. The molecule has 0 bridgehead atoms. The highest BCUT2D eigenvalue weighted by atomic mass is 16.5. The van der Waals surface area contributed by atoms with Crippen LogP contribution in [0.2, 0.25) is 0 Å². The summed E-state index contributed by atoms with van der Waals surface area (Å²) in [4.78, 5) is 9.29. The Morgan fingerprint density at radius 3 is 2.22 bits per heavy atom. The van der Waals surface area contributed by atoms with Crippen LogP contribution in [0.15, 0.2) is 71.3 Å². The minimum absolute atomic E-state index is 0.603. The van der Waals surface area contributed by atoms with Crippen LogP contribution < -0.4 is 10.6 Å². The maximum absolute atomic E-state index is 5.12. The molecule has 6 heteroatoms. The minimum atomic E-state index is 0.603. The molecule has 0 aliphatic carbocycles. The number of nitrogens with zero attached hydrogens (tertiary/aromatic N) is 3. The molecule has 4 rings (SSSR count). The van der Waals surface area contributed by atoms with Gasteiger partial charge in [0.15, 0.2) is 11.6 Å². The van der Waals surface area contributed by atoms with E-state index in [1.807, 2.05) is 61.5 Å². The van der Waals surface area contributed by atoms with Crippen LogP contribution in [0, 0.1) is 13.8 Å². The normalized spacial score (nSPS) is 10.6. The first-order valence-corrected chi connectivity index (χ1v) is 8.64. The second-order valence-electron chi connectivity index (χ2n) is 6.27. The highest BCUT2D eigenvalue weighted by Crippen LogP contribution is 2.25. The van der Waals surface area contributed by atoms with Crippen LogP contribution >= 0.6 is 0 Å². The number of aromatic nitrogens is 3. The molecule has 27 heavy (non-hydrogen) atoms. The Morgan fingerprint density at radius 2 is 1.52 bits per heavy atom. The monoisotopic (exact) mass is 357 g/mol. The van der Waals surface area contributed by atoms with Gasteiger partial charge in [-0.1, -0.05) is 47.6 Å². The Balaban J connectivity index is 1.71. The Morgan fingerprint density at radius 1 is 0.741 bits per heavy atom. The third-order valence-electron chi connectivity index (χ3n) is 3.93. The highest BCUT2D eigenvalue weighted by molar-refractivity contribution is 5.67. The number of anilines is 4. The van der Waals surface area contributed by atoms with E-state index in [0.717, 1.165) is 17.0 Å². The average molecular weight is 357 g/mol. The fourth-order valence-corrected chi connectivity index (χ4v) is 2.72. The molecule has 2 aromatic heterocycles. The molecule has 0 unspecified atom stereocenters. The van der Waals surface area contributed by atoms with E-state index in [9.17, 15) is 0 Å². The first-order chi connectivity index (χ1) is 13.2. The van der Waals surface area contributed by atoms with Gasteiger partial charge in [0.05, 0.1) is 0 Å². The van der Waals surface area contributed by atoms with E-state index in [4.69, 9.17) is 4.52 Å². The number of hydrogen-bond donors (Lipinski definition) is 2. The first-order valence-electron chi connectivity index (χ1n) is 8.64. The average Bonchev–Trinajstić information content (AvgIpc) is 3.07. The van der Waals surface area contributed by atoms with Crippen molar-refractivity contribution in [3.63, 3.8) is 0 Å². The van der Waals surface area contributed by atoms with Crippen molar-refractivity contribution in [2.24, 2.45) is 0 Å². The maximum Gasteiger partial charge on any atom is 0.175 e. The fraction of sp³-hybridized carbons (Fsp3) is 0.0952. The van der Waals surface area contributed by atoms with Crippen molar-refractivity contribution in [2.45, 2.75) is 13.8 Å². The number of rotatable bonds is 5. The fourth-order valence-electron chi connectivity index (χ4n) is 2.72. The van der Waals surface area contributed by atoms with Crippen molar-refractivity contribution < 1.29 is 4.52 Å². The van der Waals surface area contributed by atoms with Crippen LogP contribution in [-0.2, 0) is 0 Å². The Hall–Kier alpha value is -3.67. The van der Waals surface area contributed by atoms with E-state index in [-0.39, 0.29) is 0 Å². The molecule has 2 aromatic carbocycles. The molecule has 0 radical (unpaired) electrons. The maximum atomic E-state index is 5.12. The van der Waals surface area contributed by atoms with Crippen LogP contribution in [-0.4, -0.2) is 15.1 Å². The third kappa shape index (κ3) is 4.12. The van der Waals surface area contributed by atoms with Crippen molar-refractivity contribution in [2.75, 3.05) is 10.6 Å². The molecular weight excluding hydrogens is 338 g/mol. The summed E-state index contributed by atoms with van der Waals surface area (Å²) in [6.07, 6.45) is 0. The van der Waals surface area contributed by atoms with Gasteiger partial charge in [0, 0.05) is 23.4 Å². The predicted molar refractivity (Wildman–Crippen MR) is 106 cm³/mol. The molecule has 0 atom stereocenters. The van der Waals surface area contributed by atoms with Crippen molar-refractivity contribution in [1.82, 2.24) is 15.1 Å². The van der Waals surface area contributed by atoms with E-state index >= 15 is 0 Å². The molecule has 134 valence electrons. The standard InChI is InChI=1S/C21H19N5O/c1-14-7-6-10-17(11-14)22-18-13-19(23-20-12-15(2)27-26-20)25-21(24-18)16-8-4-3-5-9-16/h3-13H,1-2H3,(H2,22,23,24,25,26). The lowest BCUT2D eigenvalue weighted by molar-refractivity contribution is 0.400. The summed E-state index contributed by atoms with van der Waals surface area (Å²) in [5, 5.41) is 10.5. The molecule has 0 aliphatic rings. The van der Waals surface area contributed by atoms with E-state index in [0.29, 0.717) is 23.3 Å². The predicted octanol–water partition coefficient (Wildman–Crippen LogP) is 5.24. The van der Waals surface area contributed by atoms with E-state index < -0.39 is 0 Å². The van der Waals surface area contributed by atoms with E-state index in [1.165, 1.54) is 5.56 Å². The first kappa shape index (κ1) is 16.8. The lowest BCUT2D eigenvalue weighted by Gasteiger charge is -2.11. The van der Waals surface area contributed by atoms with Gasteiger partial charge in [0.25, 0.3) is 0 Å². The molecule has 0 amide bonds. The lowest BCUT2D eigenvalue weighted by Crippen LogP contribution is -2.02. The summed E-state index contributed by atoms with van der Waals surface area (Å²) in [7, 11) is 0. The molecule has 0 spiro atoms. The molecule has 2 heterocycles. The summed E-state index contributed by atoms with van der Waals surface area (Å²) in [5.74, 6) is 3.28. The van der Waals surface area contributed by atoms with Gasteiger partial charge in [-0.05, 0) is 31.5 Å². The van der Waals surface area contributed by atoms with Gasteiger partial charge in [-0.2, -0.15) is 0 Å². The largest absolute Gasteiger partial charge is 0.360 e. The second-order valence-corrected chi connectivity index (χ2v) is 6.27. The second kappa shape index (κ2) is 7.29. The summed E-state index contributed by atoms with van der Waals surface area (Å²) < 4.78 is 5.12. The Labute approximate surface area is 157 Å². The van der Waals surface area contributed by atoms with Crippen LogP contribution in [0.4, 0.5) is 23.1 Å². The van der Waals surface area contributed by atoms with Gasteiger partial charge in [-0.25, -0.2) is 9.97 Å². The highest BCUT2D eigenvalue weighted by Gasteiger charge is 2.09. The smallest absolute Gasteiger partial charge is 0.175 e. The molecule has 0 fully saturated rings. The number of benzene rings is 2.